The summed E-state index contributed by atoms with van der Waals surface area (Å²) in [7, 11) is 0. The van der Waals surface area contributed by atoms with E-state index in [4.69, 9.17) is 11.6 Å². The van der Waals surface area contributed by atoms with Crippen molar-refractivity contribution in [2.75, 3.05) is 6.54 Å². The maximum absolute atomic E-state index is 12.1. The first-order valence-corrected chi connectivity index (χ1v) is 9.12. The highest BCUT2D eigenvalue weighted by atomic mass is 35.5. The molecule has 3 rings (SSSR count). The Morgan fingerprint density at radius 2 is 1.88 bits per heavy atom. The Kier molecular flexibility index (Phi) is 6.08. The Morgan fingerprint density at radius 1 is 1.04 bits per heavy atom. The Labute approximate surface area is 157 Å². The monoisotopic (exact) mass is 368 g/mol. The lowest BCUT2D eigenvalue weighted by molar-refractivity contribution is -0.121. The van der Waals surface area contributed by atoms with Crippen molar-refractivity contribution in [2.45, 2.75) is 25.7 Å². The average molecular weight is 369 g/mol. The van der Waals surface area contributed by atoms with Crippen LogP contribution in [0.1, 0.15) is 24.0 Å². The van der Waals surface area contributed by atoms with Crippen molar-refractivity contribution in [1.29, 1.82) is 0 Å². The summed E-state index contributed by atoms with van der Waals surface area (Å²) in [6.45, 7) is 0.456. The van der Waals surface area contributed by atoms with E-state index in [-0.39, 0.29) is 11.5 Å². The van der Waals surface area contributed by atoms with Gasteiger partial charge in [-0.1, -0.05) is 41.9 Å². The molecule has 3 aromatic rings. The molecule has 0 saturated carbocycles. The van der Waals surface area contributed by atoms with E-state index in [1.807, 2.05) is 54.6 Å². The van der Waals surface area contributed by atoms with Crippen LogP contribution in [-0.4, -0.2) is 17.4 Å². The molecule has 2 N–H and O–H groups in total. The number of amides is 1. The summed E-state index contributed by atoms with van der Waals surface area (Å²) in [4.78, 5) is 26.9. The zero-order valence-corrected chi connectivity index (χ0v) is 15.2. The van der Waals surface area contributed by atoms with E-state index in [0.29, 0.717) is 30.0 Å². The molecule has 26 heavy (non-hydrogen) atoms. The first-order valence-electron chi connectivity index (χ1n) is 8.74. The topological polar surface area (TPSA) is 62.0 Å². The molecule has 4 nitrogen and oxygen atoms in total. The molecule has 1 aromatic heterocycles. The minimum Gasteiger partial charge on any atom is -0.356 e. The molecular formula is C21H21ClN2O2. The predicted molar refractivity (Wildman–Crippen MR) is 106 cm³/mol. The summed E-state index contributed by atoms with van der Waals surface area (Å²) in [5.74, 6) is 0.00393. The molecule has 0 aliphatic heterocycles. The molecule has 5 heteroatoms. The van der Waals surface area contributed by atoms with Crippen LogP contribution in [0.15, 0.2) is 59.4 Å². The molecule has 0 fully saturated rings. The third kappa shape index (κ3) is 4.96. The van der Waals surface area contributed by atoms with E-state index < -0.39 is 0 Å². The summed E-state index contributed by atoms with van der Waals surface area (Å²) in [5, 5.41) is 4.60. The highest BCUT2D eigenvalue weighted by molar-refractivity contribution is 6.30. The molecule has 2 aromatic carbocycles. The smallest absolute Gasteiger partial charge is 0.251 e. The molecule has 0 atom stereocenters. The number of carbonyl (C=O) groups is 1. The van der Waals surface area contributed by atoms with Gasteiger partial charge in [0, 0.05) is 29.1 Å². The van der Waals surface area contributed by atoms with E-state index in [2.05, 4.69) is 10.3 Å². The summed E-state index contributed by atoms with van der Waals surface area (Å²) in [6.07, 6.45) is 2.56. The largest absolute Gasteiger partial charge is 0.356 e. The van der Waals surface area contributed by atoms with Gasteiger partial charge in [0.25, 0.3) is 5.56 Å². The second-order valence-electron chi connectivity index (χ2n) is 6.29. The minimum absolute atomic E-state index is 0.00393. The molecule has 1 amide bonds. The van der Waals surface area contributed by atoms with E-state index >= 15 is 0 Å². The Hall–Kier alpha value is -2.59. The number of aryl methyl sites for hydroxylation is 1. The van der Waals surface area contributed by atoms with Crippen molar-refractivity contribution < 1.29 is 4.79 Å². The Morgan fingerprint density at radius 3 is 2.73 bits per heavy atom. The molecule has 134 valence electrons. The predicted octanol–water partition coefficient (Wildman–Crippen LogP) is 3.86. The van der Waals surface area contributed by atoms with Crippen LogP contribution in [-0.2, 0) is 17.6 Å². The van der Waals surface area contributed by atoms with Crippen LogP contribution < -0.4 is 10.9 Å². The summed E-state index contributed by atoms with van der Waals surface area (Å²) < 4.78 is 0. The number of hydrogen-bond donors (Lipinski definition) is 2. The number of pyridine rings is 1. The Bertz CT molecular complexity index is 965. The molecule has 0 aliphatic rings. The van der Waals surface area contributed by atoms with Crippen LogP contribution >= 0.6 is 11.6 Å². The number of aromatic amines is 1. The first-order chi connectivity index (χ1) is 12.6. The third-order valence-corrected chi connectivity index (χ3v) is 4.54. The second kappa shape index (κ2) is 8.68. The van der Waals surface area contributed by atoms with Crippen LogP contribution in [0.25, 0.3) is 10.9 Å². The van der Waals surface area contributed by atoms with E-state index in [0.717, 1.165) is 29.3 Å². The minimum atomic E-state index is -0.0982. The standard InChI is InChI=1S/C21H21ClN2O2/c22-18-8-3-5-15(13-18)6-4-10-20(25)23-12-11-17-14-16-7-1-2-9-19(16)24-21(17)26/h1-3,5,7-9,13-14H,4,6,10-12H2,(H,23,25)(H,24,26). The van der Waals surface area contributed by atoms with Crippen LogP contribution in [0, 0.1) is 0 Å². The number of nitrogens with one attached hydrogen (secondary N) is 2. The van der Waals surface area contributed by atoms with Gasteiger partial charge in [0.1, 0.15) is 0 Å². The van der Waals surface area contributed by atoms with Gasteiger partial charge in [-0.15, -0.1) is 0 Å². The number of para-hydroxylation sites is 1. The lowest BCUT2D eigenvalue weighted by Crippen LogP contribution is -2.27. The fourth-order valence-electron chi connectivity index (χ4n) is 2.95. The fraction of sp³-hybridized carbons (Fsp3) is 0.238. The van der Waals surface area contributed by atoms with Crippen molar-refractivity contribution in [1.82, 2.24) is 10.3 Å². The van der Waals surface area contributed by atoms with Gasteiger partial charge in [-0.2, -0.15) is 0 Å². The zero-order chi connectivity index (χ0) is 18.4. The van der Waals surface area contributed by atoms with E-state index in [1.54, 1.807) is 0 Å². The van der Waals surface area contributed by atoms with Crippen LogP contribution in [0.4, 0.5) is 0 Å². The number of hydrogen-bond acceptors (Lipinski definition) is 2. The molecule has 0 saturated heterocycles. The molecular weight excluding hydrogens is 348 g/mol. The normalized spacial score (nSPS) is 10.8. The lowest BCUT2D eigenvalue weighted by atomic mass is 10.1. The van der Waals surface area contributed by atoms with Gasteiger partial charge >= 0.3 is 0 Å². The fourth-order valence-corrected chi connectivity index (χ4v) is 3.16. The molecule has 0 unspecified atom stereocenters. The van der Waals surface area contributed by atoms with Gasteiger partial charge in [-0.3, -0.25) is 9.59 Å². The van der Waals surface area contributed by atoms with E-state index in [1.165, 1.54) is 0 Å². The number of fused-ring (bicyclic) bond motifs is 1. The molecule has 0 radical (unpaired) electrons. The maximum atomic E-state index is 12.1. The van der Waals surface area contributed by atoms with Crippen molar-refractivity contribution in [3.05, 3.63) is 81.1 Å². The molecule has 0 spiro atoms. The Balaban J connectivity index is 1.45. The number of H-pyrrole nitrogens is 1. The van der Waals surface area contributed by atoms with Gasteiger partial charge < -0.3 is 10.3 Å². The number of benzene rings is 2. The summed E-state index contributed by atoms with van der Waals surface area (Å²) in [6, 6.07) is 17.2. The van der Waals surface area contributed by atoms with Crippen LogP contribution in [0.2, 0.25) is 5.02 Å². The lowest BCUT2D eigenvalue weighted by Gasteiger charge is -2.06. The molecule has 0 bridgehead atoms. The SMILES string of the molecule is O=C(CCCc1cccc(Cl)c1)NCCc1cc2ccccc2[nH]c1=O. The van der Waals surface area contributed by atoms with Crippen molar-refractivity contribution in [3.8, 4) is 0 Å². The summed E-state index contributed by atoms with van der Waals surface area (Å²) >= 11 is 5.95. The van der Waals surface area contributed by atoms with Crippen LogP contribution in [0.5, 0.6) is 0 Å². The van der Waals surface area contributed by atoms with Gasteiger partial charge in [-0.25, -0.2) is 0 Å². The van der Waals surface area contributed by atoms with Gasteiger partial charge in [0.15, 0.2) is 0 Å². The van der Waals surface area contributed by atoms with Gasteiger partial charge in [-0.05, 0) is 54.5 Å². The average Bonchev–Trinajstić information content (AvgIpc) is 2.62. The van der Waals surface area contributed by atoms with Crippen LogP contribution in [0.3, 0.4) is 0 Å². The number of carbonyl (C=O) groups excluding carboxylic acids is 1. The molecule has 1 heterocycles. The molecule has 0 aliphatic carbocycles. The van der Waals surface area contributed by atoms with Gasteiger partial charge in [0.05, 0.1) is 0 Å². The van der Waals surface area contributed by atoms with Crippen molar-refractivity contribution >= 4 is 28.4 Å². The van der Waals surface area contributed by atoms with Gasteiger partial charge in [0.2, 0.25) is 5.91 Å². The summed E-state index contributed by atoms with van der Waals surface area (Å²) in [5.41, 5.74) is 2.54. The zero-order valence-electron chi connectivity index (χ0n) is 14.4. The number of halogens is 1. The highest BCUT2D eigenvalue weighted by Gasteiger charge is 2.05. The van der Waals surface area contributed by atoms with E-state index in [9.17, 15) is 9.59 Å². The number of aromatic nitrogens is 1. The van der Waals surface area contributed by atoms with Crippen molar-refractivity contribution in [2.24, 2.45) is 0 Å². The number of rotatable bonds is 7. The third-order valence-electron chi connectivity index (χ3n) is 4.31. The first kappa shape index (κ1) is 18.2. The highest BCUT2D eigenvalue weighted by Crippen LogP contribution is 2.13. The second-order valence-corrected chi connectivity index (χ2v) is 6.73. The quantitative estimate of drug-likeness (QED) is 0.665. The van der Waals surface area contributed by atoms with Crippen molar-refractivity contribution in [3.63, 3.8) is 0 Å². The maximum Gasteiger partial charge on any atom is 0.251 e.